The first-order valence-electron chi connectivity index (χ1n) is 3.77. The second kappa shape index (κ2) is 3.72. The van der Waals surface area contributed by atoms with Crippen LogP contribution in [-0.2, 0) is 9.53 Å². The summed E-state index contributed by atoms with van der Waals surface area (Å²) in [5, 5.41) is 9.02. The Morgan fingerprint density at radius 3 is 2.27 bits per heavy atom. The maximum atomic E-state index is 10.9. The molecule has 0 fully saturated rings. The molecule has 0 aromatic rings. The van der Waals surface area contributed by atoms with Crippen molar-refractivity contribution in [2.24, 2.45) is 0 Å². The molecule has 0 saturated carbocycles. The van der Waals surface area contributed by atoms with E-state index in [1.54, 1.807) is 27.7 Å². The fraction of sp³-hybridized carbons (Fsp3) is 0.875. The quantitative estimate of drug-likeness (QED) is 0.615. The molecule has 11 heavy (non-hydrogen) atoms. The molecule has 0 spiro atoms. The number of carbonyl (C=O) groups excluding carboxylic acids is 1. The predicted octanol–water partition coefficient (Wildman–Crippen LogP) is 1.10. The van der Waals surface area contributed by atoms with Gasteiger partial charge in [0.1, 0.15) is 5.60 Å². The van der Waals surface area contributed by atoms with E-state index in [1.165, 1.54) is 0 Å². The van der Waals surface area contributed by atoms with Gasteiger partial charge >= 0.3 is 5.97 Å². The molecule has 0 rings (SSSR count). The molecule has 0 aliphatic carbocycles. The zero-order valence-electron chi connectivity index (χ0n) is 7.55. The smallest absolute Gasteiger partial charge is 0.335 e. The maximum absolute atomic E-state index is 10.9. The lowest BCUT2D eigenvalue weighted by molar-refractivity contribution is -0.165. The molecular weight excluding hydrogens is 144 g/mol. The first-order valence-corrected chi connectivity index (χ1v) is 3.77. The molecule has 0 radical (unpaired) electrons. The van der Waals surface area contributed by atoms with Crippen molar-refractivity contribution >= 4 is 5.97 Å². The van der Waals surface area contributed by atoms with Crippen LogP contribution >= 0.6 is 0 Å². The molecule has 0 bridgehead atoms. The standard InChI is InChI=1S/C8H16O3/c1-5-6(9)7(10)11-8(2,3)4/h6,9H,5H2,1-4H3. The predicted molar refractivity (Wildman–Crippen MR) is 42.1 cm³/mol. The number of hydrogen-bond acceptors (Lipinski definition) is 3. The third-order valence-electron chi connectivity index (χ3n) is 1.07. The third kappa shape index (κ3) is 4.79. The van der Waals surface area contributed by atoms with Gasteiger partial charge in [0, 0.05) is 0 Å². The average molecular weight is 160 g/mol. The van der Waals surface area contributed by atoms with Crippen LogP contribution in [-0.4, -0.2) is 22.8 Å². The third-order valence-corrected chi connectivity index (χ3v) is 1.07. The number of rotatable bonds is 2. The number of aliphatic hydroxyl groups excluding tert-OH is 1. The van der Waals surface area contributed by atoms with E-state index >= 15 is 0 Å². The minimum atomic E-state index is -0.978. The molecule has 0 saturated heterocycles. The van der Waals surface area contributed by atoms with Gasteiger partial charge in [-0.25, -0.2) is 4.79 Å². The van der Waals surface area contributed by atoms with E-state index in [4.69, 9.17) is 9.84 Å². The molecule has 3 heteroatoms. The Morgan fingerprint density at radius 1 is 1.55 bits per heavy atom. The maximum Gasteiger partial charge on any atom is 0.335 e. The van der Waals surface area contributed by atoms with Crippen LogP contribution in [0.15, 0.2) is 0 Å². The van der Waals surface area contributed by atoms with Gasteiger partial charge in [0.2, 0.25) is 0 Å². The highest BCUT2D eigenvalue weighted by molar-refractivity contribution is 5.74. The molecule has 0 amide bonds. The van der Waals surface area contributed by atoms with Crippen molar-refractivity contribution in [1.29, 1.82) is 0 Å². The van der Waals surface area contributed by atoms with Gasteiger partial charge in [-0.2, -0.15) is 0 Å². The monoisotopic (exact) mass is 160 g/mol. The van der Waals surface area contributed by atoms with Gasteiger partial charge < -0.3 is 9.84 Å². The average Bonchev–Trinajstić information content (AvgIpc) is 1.82. The number of carbonyl (C=O) groups is 1. The summed E-state index contributed by atoms with van der Waals surface area (Å²) < 4.78 is 4.90. The van der Waals surface area contributed by atoms with Gasteiger partial charge in [0.25, 0.3) is 0 Å². The summed E-state index contributed by atoms with van der Waals surface area (Å²) in [6.45, 7) is 7.04. The summed E-state index contributed by atoms with van der Waals surface area (Å²) >= 11 is 0. The summed E-state index contributed by atoms with van der Waals surface area (Å²) in [5.41, 5.74) is -0.507. The van der Waals surface area contributed by atoms with Crippen LogP contribution < -0.4 is 0 Å². The van der Waals surface area contributed by atoms with Gasteiger partial charge in [-0.15, -0.1) is 0 Å². The van der Waals surface area contributed by atoms with Crippen molar-refractivity contribution in [2.75, 3.05) is 0 Å². The Hall–Kier alpha value is -0.570. The highest BCUT2D eigenvalue weighted by atomic mass is 16.6. The van der Waals surface area contributed by atoms with Crippen LogP contribution in [0.3, 0.4) is 0 Å². The first-order chi connectivity index (χ1) is 4.87. The van der Waals surface area contributed by atoms with Crippen LogP contribution in [0.5, 0.6) is 0 Å². The topological polar surface area (TPSA) is 46.5 Å². The summed E-state index contributed by atoms with van der Waals surface area (Å²) in [6, 6.07) is 0. The minimum Gasteiger partial charge on any atom is -0.458 e. The molecule has 1 N–H and O–H groups in total. The number of hydrogen-bond donors (Lipinski definition) is 1. The molecule has 66 valence electrons. The van der Waals surface area contributed by atoms with Crippen molar-refractivity contribution in [3.8, 4) is 0 Å². The van der Waals surface area contributed by atoms with E-state index in [0.29, 0.717) is 6.42 Å². The van der Waals surface area contributed by atoms with Gasteiger partial charge in [-0.1, -0.05) is 6.92 Å². The van der Waals surface area contributed by atoms with Crippen LogP contribution in [0.1, 0.15) is 34.1 Å². The van der Waals surface area contributed by atoms with Crippen molar-refractivity contribution < 1.29 is 14.6 Å². The van der Waals surface area contributed by atoms with Crippen LogP contribution in [0.25, 0.3) is 0 Å². The van der Waals surface area contributed by atoms with Gasteiger partial charge in [-0.3, -0.25) is 0 Å². The number of ether oxygens (including phenoxy) is 1. The lowest BCUT2D eigenvalue weighted by Crippen LogP contribution is -2.31. The van der Waals surface area contributed by atoms with E-state index in [9.17, 15) is 4.79 Å². The lowest BCUT2D eigenvalue weighted by atomic mass is 10.2. The highest BCUT2D eigenvalue weighted by Crippen LogP contribution is 2.09. The van der Waals surface area contributed by atoms with E-state index in [1.807, 2.05) is 0 Å². The van der Waals surface area contributed by atoms with E-state index in [0.717, 1.165) is 0 Å². The van der Waals surface area contributed by atoms with E-state index < -0.39 is 17.7 Å². The van der Waals surface area contributed by atoms with Gasteiger partial charge in [0.15, 0.2) is 6.10 Å². The van der Waals surface area contributed by atoms with Gasteiger partial charge in [-0.05, 0) is 27.2 Å². The van der Waals surface area contributed by atoms with Crippen molar-refractivity contribution in [1.82, 2.24) is 0 Å². The summed E-state index contributed by atoms with van der Waals surface area (Å²) in [4.78, 5) is 10.9. The summed E-state index contributed by atoms with van der Waals surface area (Å²) in [7, 11) is 0. The van der Waals surface area contributed by atoms with Crippen LogP contribution in [0.2, 0.25) is 0 Å². The fourth-order valence-corrected chi connectivity index (χ4v) is 0.536. The molecule has 0 aliphatic heterocycles. The minimum absolute atomic E-state index is 0.398. The normalized spacial score (nSPS) is 14.3. The molecule has 0 aromatic carbocycles. The highest BCUT2D eigenvalue weighted by Gasteiger charge is 2.21. The Kier molecular flexibility index (Phi) is 3.52. The summed E-state index contributed by atoms with van der Waals surface area (Å²) in [6.07, 6.45) is -0.580. The Balaban J connectivity index is 3.88. The van der Waals surface area contributed by atoms with Crippen LogP contribution in [0, 0.1) is 0 Å². The fourth-order valence-electron chi connectivity index (χ4n) is 0.536. The molecule has 0 heterocycles. The molecule has 3 nitrogen and oxygen atoms in total. The molecule has 1 atom stereocenters. The largest absolute Gasteiger partial charge is 0.458 e. The molecule has 0 aromatic heterocycles. The SMILES string of the molecule is CCC(O)C(=O)OC(C)(C)C. The van der Waals surface area contributed by atoms with Crippen LogP contribution in [0.4, 0.5) is 0 Å². The zero-order chi connectivity index (χ0) is 9.07. The molecule has 1 unspecified atom stereocenters. The Labute approximate surface area is 67.4 Å². The van der Waals surface area contributed by atoms with Crippen molar-refractivity contribution in [3.63, 3.8) is 0 Å². The second-order valence-corrected chi connectivity index (χ2v) is 3.46. The number of aliphatic hydroxyl groups is 1. The first kappa shape index (κ1) is 10.4. The Morgan fingerprint density at radius 2 is 2.00 bits per heavy atom. The van der Waals surface area contributed by atoms with Crippen molar-refractivity contribution in [2.45, 2.75) is 45.8 Å². The number of esters is 1. The molecular formula is C8H16O3. The zero-order valence-corrected chi connectivity index (χ0v) is 7.55. The van der Waals surface area contributed by atoms with E-state index in [2.05, 4.69) is 0 Å². The van der Waals surface area contributed by atoms with Gasteiger partial charge in [0.05, 0.1) is 0 Å². The molecule has 0 aliphatic rings. The van der Waals surface area contributed by atoms with E-state index in [-0.39, 0.29) is 0 Å². The van der Waals surface area contributed by atoms with Crippen molar-refractivity contribution in [3.05, 3.63) is 0 Å². The Bertz CT molecular complexity index is 135. The second-order valence-electron chi connectivity index (χ2n) is 3.46. The lowest BCUT2D eigenvalue weighted by Gasteiger charge is -2.21. The summed E-state index contributed by atoms with van der Waals surface area (Å²) in [5.74, 6) is -0.542.